The summed E-state index contributed by atoms with van der Waals surface area (Å²) in [4.78, 5) is 7.63. The van der Waals surface area contributed by atoms with Crippen molar-refractivity contribution in [3.8, 4) is 11.4 Å². The minimum Gasteiger partial charge on any atom is -0.338 e. The molecule has 0 radical (unpaired) electrons. The van der Waals surface area contributed by atoms with Gasteiger partial charge in [0.2, 0.25) is 0 Å². The molecule has 106 valence electrons. The molecule has 0 saturated carbocycles. The summed E-state index contributed by atoms with van der Waals surface area (Å²) < 4.78 is 14.4. The maximum atomic E-state index is 14.4. The predicted octanol–water partition coefficient (Wildman–Crippen LogP) is 3.79. The van der Waals surface area contributed by atoms with Gasteiger partial charge in [0.1, 0.15) is 11.6 Å². The van der Waals surface area contributed by atoms with E-state index in [9.17, 15) is 4.39 Å². The maximum Gasteiger partial charge on any atom is 0.141 e. The van der Waals surface area contributed by atoms with Gasteiger partial charge >= 0.3 is 0 Å². The van der Waals surface area contributed by atoms with Crippen molar-refractivity contribution in [3.63, 3.8) is 0 Å². The highest BCUT2D eigenvalue weighted by Gasteiger charge is 2.18. The van der Waals surface area contributed by atoms with Crippen LogP contribution in [0.1, 0.15) is 24.4 Å². The molecule has 1 aromatic heterocycles. The summed E-state index contributed by atoms with van der Waals surface area (Å²) in [6.45, 7) is 1.01. The largest absolute Gasteiger partial charge is 0.338 e. The van der Waals surface area contributed by atoms with E-state index in [-0.39, 0.29) is 11.9 Å². The Morgan fingerprint density at radius 2 is 2.05 bits per heavy atom. The number of nitrogens with zero attached hydrogens (tertiary/aromatic N) is 1. The molecule has 2 N–H and O–H groups in total. The summed E-state index contributed by atoms with van der Waals surface area (Å²) in [6, 6.07) is 13.5. The van der Waals surface area contributed by atoms with Crippen molar-refractivity contribution in [1.29, 1.82) is 0 Å². The zero-order valence-electron chi connectivity index (χ0n) is 11.6. The van der Waals surface area contributed by atoms with Gasteiger partial charge in [0.15, 0.2) is 0 Å². The molecule has 0 bridgehead atoms. The normalized spacial score (nSPS) is 18.4. The van der Waals surface area contributed by atoms with Crippen molar-refractivity contribution in [1.82, 2.24) is 15.3 Å². The van der Waals surface area contributed by atoms with Crippen LogP contribution in [0.3, 0.4) is 0 Å². The van der Waals surface area contributed by atoms with Crippen molar-refractivity contribution in [2.24, 2.45) is 0 Å². The zero-order chi connectivity index (χ0) is 14.2. The van der Waals surface area contributed by atoms with Crippen LogP contribution in [0.4, 0.5) is 4.39 Å². The Labute approximate surface area is 122 Å². The van der Waals surface area contributed by atoms with Crippen LogP contribution in [0.15, 0.2) is 42.5 Å². The molecular formula is C17H16FN3. The van der Waals surface area contributed by atoms with Crippen LogP contribution in [0.2, 0.25) is 0 Å². The number of halogens is 1. The Hall–Kier alpha value is -2.20. The highest BCUT2D eigenvalue weighted by Crippen LogP contribution is 2.28. The topological polar surface area (TPSA) is 40.7 Å². The second-order valence-corrected chi connectivity index (χ2v) is 5.49. The molecule has 0 spiro atoms. The van der Waals surface area contributed by atoms with Crippen LogP contribution in [-0.4, -0.2) is 16.5 Å². The predicted molar refractivity (Wildman–Crippen MR) is 81.5 cm³/mol. The Bertz CT molecular complexity index is 755. The van der Waals surface area contributed by atoms with Gasteiger partial charge in [-0.3, -0.25) is 0 Å². The number of fused-ring (bicyclic) bond motifs is 1. The fourth-order valence-corrected chi connectivity index (χ4v) is 2.99. The fourth-order valence-electron chi connectivity index (χ4n) is 2.99. The Morgan fingerprint density at radius 1 is 1.14 bits per heavy atom. The number of aromatic amines is 1. The number of benzene rings is 2. The number of rotatable bonds is 2. The minimum absolute atomic E-state index is 0.222. The van der Waals surface area contributed by atoms with Gasteiger partial charge in [-0.25, -0.2) is 9.37 Å². The summed E-state index contributed by atoms with van der Waals surface area (Å²) in [5.41, 5.74) is 3.32. The number of nitrogens with one attached hydrogen (secondary N) is 2. The van der Waals surface area contributed by atoms with Gasteiger partial charge in [0.05, 0.1) is 16.6 Å². The third kappa shape index (κ3) is 2.21. The first kappa shape index (κ1) is 12.5. The average Bonchev–Trinajstić information content (AvgIpc) is 3.16. The summed E-state index contributed by atoms with van der Waals surface area (Å²) >= 11 is 0. The van der Waals surface area contributed by atoms with Crippen LogP contribution in [0.5, 0.6) is 0 Å². The second-order valence-electron chi connectivity index (χ2n) is 5.49. The number of hydrogen-bond donors (Lipinski definition) is 2. The van der Waals surface area contributed by atoms with E-state index in [1.54, 1.807) is 6.07 Å². The number of imidazole rings is 1. The molecule has 0 amide bonds. The van der Waals surface area contributed by atoms with E-state index < -0.39 is 0 Å². The molecule has 1 aliphatic rings. The Balaban J connectivity index is 1.74. The van der Waals surface area contributed by atoms with Gasteiger partial charge in [-0.15, -0.1) is 0 Å². The summed E-state index contributed by atoms with van der Waals surface area (Å²) in [5.74, 6) is 0.361. The SMILES string of the molecule is Fc1cc(C2CCCN2)ccc1-c1nc2ccccc2[nH]1. The second kappa shape index (κ2) is 4.97. The lowest BCUT2D eigenvalue weighted by atomic mass is 10.0. The quantitative estimate of drug-likeness (QED) is 0.750. The van der Waals surface area contributed by atoms with Gasteiger partial charge in [-0.2, -0.15) is 0 Å². The Kier molecular flexibility index (Phi) is 2.97. The number of para-hydroxylation sites is 2. The molecule has 1 saturated heterocycles. The summed E-state index contributed by atoms with van der Waals surface area (Å²) in [5, 5.41) is 3.39. The molecule has 1 unspecified atom stereocenters. The van der Waals surface area contributed by atoms with E-state index in [1.165, 1.54) is 0 Å². The highest BCUT2D eigenvalue weighted by atomic mass is 19.1. The van der Waals surface area contributed by atoms with Crippen LogP contribution in [-0.2, 0) is 0 Å². The lowest BCUT2D eigenvalue weighted by molar-refractivity contribution is 0.608. The van der Waals surface area contributed by atoms with E-state index >= 15 is 0 Å². The molecule has 0 aliphatic carbocycles. The first-order chi connectivity index (χ1) is 10.3. The monoisotopic (exact) mass is 281 g/mol. The van der Waals surface area contributed by atoms with E-state index in [1.807, 2.05) is 36.4 Å². The minimum atomic E-state index is -0.222. The molecule has 3 nitrogen and oxygen atoms in total. The zero-order valence-corrected chi connectivity index (χ0v) is 11.6. The summed E-state index contributed by atoms with van der Waals surface area (Å²) in [6.07, 6.45) is 2.22. The Morgan fingerprint density at radius 3 is 2.81 bits per heavy atom. The molecule has 1 atom stereocenters. The molecular weight excluding hydrogens is 265 g/mol. The first-order valence-electron chi connectivity index (χ1n) is 7.29. The molecule has 1 fully saturated rings. The standard InChI is InChI=1S/C17H16FN3/c18-13-10-11(14-6-3-9-19-14)7-8-12(13)17-20-15-4-1-2-5-16(15)21-17/h1-2,4-5,7-8,10,14,19H,3,6,9H2,(H,20,21). The van der Waals surface area contributed by atoms with Crippen molar-refractivity contribution in [2.75, 3.05) is 6.54 Å². The molecule has 1 aliphatic heterocycles. The van der Waals surface area contributed by atoms with Gasteiger partial charge < -0.3 is 10.3 Å². The molecule has 2 heterocycles. The van der Waals surface area contributed by atoms with E-state index in [4.69, 9.17) is 0 Å². The maximum absolute atomic E-state index is 14.4. The van der Waals surface area contributed by atoms with Crippen molar-refractivity contribution < 1.29 is 4.39 Å². The molecule has 4 heteroatoms. The number of hydrogen-bond acceptors (Lipinski definition) is 2. The third-order valence-corrected chi connectivity index (χ3v) is 4.10. The van der Waals surface area contributed by atoms with E-state index in [2.05, 4.69) is 15.3 Å². The smallest absolute Gasteiger partial charge is 0.141 e. The van der Waals surface area contributed by atoms with Gasteiger partial charge in [-0.1, -0.05) is 18.2 Å². The number of aromatic nitrogens is 2. The van der Waals surface area contributed by atoms with Crippen LogP contribution in [0.25, 0.3) is 22.4 Å². The van der Waals surface area contributed by atoms with Gasteiger partial charge in [0.25, 0.3) is 0 Å². The van der Waals surface area contributed by atoms with Crippen LogP contribution in [0, 0.1) is 5.82 Å². The van der Waals surface area contributed by atoms with Crippen molar-refractivity contribution >= 4 is 11.0 Å². The van der Waals surface area contributed by atoms with Crippen LogP contribution < -0.4 is 5.32 Å². The average molecular weight is 281 g/mol. The first-order valence-corrected chi connectivity index (χ1v) is 7.29. The highest BCUT2D eigenvalue weighted by molar-refractivity contribution is 5.79. The molecule has 21 heavy (non-hydrogen) atoms. The van der Waals surface area contributed by atoms with Crippen LogP contribution >= 0.6 is 0 Å². The van der Waals surface area contributed by atoms with Crippen molar-refractivity contribution in [3.05, 3.63) is 53.8 Å². The molecule has 2 aromatic carbocycles. The lowest BCUT2D eigenvalue weighted by Crippen LogP contribution is -2.13. The summed E-state index contributed by atoms with van der Waals surface area (Å²) in [7, 11) is 0. The van der Waals surface area contributed by atoms with E-state index in [0.717, 1.165) is 36.0 Å². The van der Waals surface area contributed by atoms with Gasteiger partial charge in [-0.05, 0) is 49.2 Å². The van der Waals surface area contributed by atoms with E-state index in [0.29, 0.717) is 11.4 Å². The van der Waals surface area contributed by atoms with Gasteiger partial charge in [0, 0.05) is 6.04 Å². The fraction of sp³-hybridized carbons (Fsp3) is 0.235. The molecule has 4 rings (SSSR count). The van der Waals surface area contributed by atoms with Crippen molar-refractivity contribution in [2.45, 2.75) is 18.9 Å². The lowest BCUT2D eigenvalue weighted by Gasteiger charge is -2.11. The third-order valence-electron chi connectivity index (χ3n) is 4.10. The number of H-pyrrole nitrogens is 1. The molecule has 3 aromatic rings.